The van der Waals surface area contributed by atoms with Gasteiger partial charge >= 0.3 is 0 Å². The summed E-state index contributed by atoms with van der Waals surface area (Å²) in [5.74, 6) is 0. The molecule has 2 aliphatic rings. The number of likely N-dealkylation sites (N-methyl/N-ethyl adjacent to an activating group) is 1. The molecule has 0 aromatic carbocycles. The van der Waals surface area contributed by atoms with Crippen LogP contribution in [0.15, 0.2) is 0 Å². The number of ether oxygens (including phenoxy) is 1. The smallest absolute Gasteiger partial charge is 0.0826 e. The highest BCUT2D eigenvalue weighted by Gasteiger charge is 2.24. The lowest BCUT2D eigenvalue weighted by Crippen LogP contribution is -2.50. The molecule has 2 aliphatic heterocycles. The van der Waals surface area contributed by atoms with Crippen molar-refractivity contribution < 1.29 is 4.74 Å². The first-order chi connectivity index (χ1) is 9.20. The highest BCUT2D eigenvalue weighted by atomic mass is 16.5. The molecule has 0 radical (unpaired) electrons. The van der Waals surface area contributed by atoms with Crippen LogP contribution in [0.5, 0.6) is 0 Å². The van der Waals surface area contributed by atoms with Gasteiger partial charge < -0.3 is 10.1 Å². The van der Waals surface area contributed by atoms with Crippen LogP contribution in [-0.4, -0.2) is 73.9 Å². The van der Waals surface area contributed by atoms with Gasteiger partial charge in [0.15, 0.2) is 0 Å². The fourth-order valence-electron chi connectivity index (χ4n) is 3.29. The minimum atomic E-state index is 0.368. The van der Waals surface area contributed by atoms with Crippen molar-refractivity contribution in [3.63, 3.8) is 0 Å². The molecule has 0 saturated carbocycles. The van der Waals surface area contributed by atoms with Crippen LogP contribution in [0, 0.1) is 0 Å². The van der Waals surface area contributed by atoms with Gasteiger partial charge in [0.1, 0.15) is 0 Å². The summed E-state index contributed by atoms with van der Waals surface area (Å²) in [4.78, 5) is 5.11. The molecule has 4 heteroatoms. The zero-order valence-electron chi connectivity index (χ0n) is 12.9. The van der Waals surface area contributed by atoms with E-state index in [4.69, 9.17) is 4.74 Å². The molecule has 19 heavy (non-hydrogen) atoms. The Balaban J connectivity index is 1.65. The van der Waals surface area contributed by atoms with Gasteiger partial charge in [-0.1, -0.05) is 6.92 Å². The first kappa shape index (κ1) is 15.2. The first-order valence-corrected chi connectivity index (χ1v) is 8.01. The predicted octanol–water partition coefficient (Wildman–Crippen LogP) is 1.17. The summed E-state index contributed by atoms with van der Waals surface area (Å²) in [5, 5.41) is 3.63. The Morgan fingerprint density at radius 3 is 2.84 bits per heavy atom. The minimum absolute atomic E-state index is 0.368. The standard InChI is InChI=1S/C15H31N3O/c1-4-17-7-5-6-14(17)10-16-11-15-12-18(13(2)3)8-9-19-15/h13-16H,4-12H2,1-3H3. The number of rotatable bonds is 6. The lowest BCUT2D eigenvalue weighted by molar-refractivity contribution is -0.0374. The second-order valence-corrected chi connectivity index (χ2v) is 6.16. The third kappa shape index (κ3) is 4.42. The molecule has 112 valence electrons. The molecule has 4 nitrogen and oxygen atoms in total. The second kappa shape index (κ2) is 7.58. The van der Waals surface area contributed by atoms with E-state index in [-0.39, 0.29) is 0 Å². The molecule has 2 fully saturated rings. The minimum Gasteiger partial charge on any atom is -0.374 e. The number of likely N-dealkylation sites (tertiary alicyclic amines) is 1. The predicted molar refractivity (Wildman–Crippen MR) is 79.6 cm³/mol. The third-order valence-corrected chi connectivity index (χ3v) is 4.56. The Kier molecular flexibility index (Phi) is 6.07. The molecule has 0 aromatic rings. The van der Waals surface area contributed by atoms with Gasteiger partial charge in [0.05, 0.1) is 12.7 Å². The molecule has 0 bridgehead atoms. The maximum atomic E-state index is 5.86. The molecule has 1 N–H and O–H groups in total. The van der Waals surface area contributed by atoms with Gasteiger partial charge in [-0.3, -0.25) is 9.80 Å². The van der Waals surface area contributed by atoms with E-state index in [9.17, 15) is 0 Å². The van der Waals surface area contributed by atoms with Crippen molar-refractivity contribution in [3.8, 4) is 0 Å². The molecule has 2 saturated heterocycles. The largest absolute Gasteiger partial charge is 0.374 e. The van der Waals surface area contributed by atoms with E-state index < -0.39 is 0 Å². The topological polar surface area (TPSA) is 27.7 Å². The van der Waals surface area contributed by atoms with Crippen molar-refractivity contribution in [1.29, 1.82) is 0 Å². The van der Waals surface area contributed by atoms with E-state index in [0.717, 1.165) is 38.8 Å². The molecular weight excluding hydrogens is 238 g/mol. The maximum Gasteiger partial charge on any atom is 0.0826 e. The van der Waals surface area contributed by atoms with Gasteiger partial charge in [-0.2, -0.15) is 0 Å². The highest BCUT2D eigenvalue weighted by molar-refractivity contribution is 4.81. The highest BCUT2D eigenvalue weighted by Crippen LogP contribution is 2.15. The number of morpholine rings is 1. The molecule has 0 aliphatic carbocycles. The van der Waals surface area contributed by atoms with Gasteiger partial charge in [0.2, 0.25) is 0 Å². The van der Waals surface area contributed by atoms with Crippen LogP contribution in [0.1, 0.15) is 33.6 Å². The van der Waals surface area contributed by atoms with E-state index in [2.05, 4.69) is 35.9 Å². The van der Waals surface area contributed by atoms with Crippen molar-refractivity contribution in [1.82, 2.24) is 15.1 Å². The Bertz CT molecular complexity index is 260. The molecule has 2 rings (SSSR count). The lowest BCUT2D eigenvalue weighted by Gasteiger charge is -2.36. The Morgan fingerprint density at radius 2 is 2.11 bits per heavy atom. The number of nitrogens with one attached hydrogen (secondary N) is 1. The summed E-state index contributed by atoms with van der Waals surface area (Å²) in [6.07, 6.45) is 3.08. The van der Waals surface area contributed by atoms with Crippen molar-refractivity contribution >= 4 is 0 Å². The van der Waals surface area contributed by atoms with Crippen molar-refractivity contribution in [2.75, 3.05) is 45.9 Å². The van der Waals surface area contributed by atoms with E-state index in [1.807, 2.05) is 0 Å². The van der Waals surface area contributed by atoms with Crippen LogP contribution in [0.3, 0.4) is 0 Å². The maximum absolute atomic E-state index is 5.86. The summed E-state index contributed by atoms with van der Waals surface area (Å²) in [6.45, 7) is 14.4. The number of nitrogens with zero attached hydrogens (tertiary/aromatic N) is 2. The van der Waals surface area contributed by atoms with E-state index in [1.165, 1.54) is 25.9 Å². The summed E-state index contributed by atoms with van der Waals surface area (Å²) in [7, 11) is 0. The Morgan fingerprint density at radius 1 is 1.26 bits per heavy atom. The third-order valence-electron chi connectivity index (χ3n) is 4.56. The van der Waals surface area contributed by atoms with E-state index >= 15 is 0 Å². The zero-order chi connectivity index (χ0) is 13.7. The van der Waals surface area contributed by atoms with Gasteiger partial charge in [0.25, 0.3) is 0 Å². The van der Waals surface area contributed by atoms with Gasteiger partial charge in [-0.25, -0.2) is 0 Å². The average Bonchev–Trinajstić information content (AvgIpc) is 2.86. The molecule has 0 amide bonds. The number of hydrogen-bond acceptors (Lipinski definition) is 4. The first-order valence-electron chi connectivity index (χ1n) is 8.01. The van der Waals surface area contributed by atoms with E-state index in [0.29, 0.717) is 12.1 Å². The van der Waals surface area contributed by atoms with Crippen LogP contribution in [0.25, 0.3) is 0 Å². The fourth-order valence-corrected chi connectivity index (χ4v) is 3.29. The summed E-state index contributed by atoms with van der Waals surface area (Å²) < 4.78 is 5.86. The fraction of sp³-hybridized carbons (Fsp3) is 1.00. The van der Waals surface area contributed by atoms with E-state index in [1.54, 1.807) is 0 Å². The van der Waals surface area contributed by atoms with Crippen LogP contribution >= 0.6 is 0 Å². The molecule has 2 unspecified atom stereocenters. The second-order valence-electron chi connectivity index (χ2n) is 6.16. The molecular formula is C15H31N3O. The van der Waals surface area contributed by atoms with Crippen LogP contribution in [0.2, 0.25) is 0 Å². The van der Waals surface area contributed by atoms with Crippen molar-refractivity contribution in [2.24, 2.45) is 0 Å². The zero-order valence-corrected chi connectivity index (χ0v) is 12.9. The number of hydrogen-bond donors (Lipinski definition) is 1. The summed E-state index contributed by atoms with van der Waals surface area (Å²) in [5.41, 5.74) is 0. The molecule has 2 heterocycles. The van der Waals surface area contributed by atoms with Crippen LogP contribution < -0.4 is 5.32 Å². The van der Waals surface area contributed by atoms with Crippen molar-refractivity contribution in [2.45, 2.75) is 51.8 Å². The average molecular weight is 269 g/mol. The van der Waals surface area contributed by atoms with Gasteiger partial charge in [0, 0.05) is 38.3 Å². The quantitative estimate of drug-likeness (QED) is 0.783. The Hall–Kier alpha value is -0.160. The SMILES string of the molecule is CCN1CCCC1CNCC1CN(C(C)C)CCO1. The normalized spacial score (nSPS) is 30.3. The summed E-state index contributed by atoms with van der Waals surface area (Å²) in [6, 6.07) is 1.38. The molecule has 0 spiro atoms. The van der Waals surface area contributed by atoms with Crippen molar-refractivity contribution in [3.05, 3.63) is 0 Å². The van der Waals surface area contributed by atoms with Crippen LogP contribution in [0.4, 0.5) is 0 Å². The van der Waals surface area contributed by atoms with Gasteiger partial charge in [-0.05, 0) is 39.8 Å². The molecule has 0 aromatic heterocycles. The monoisotopic (exact) mass is 269 g/mol. The lowest BCUT2D eigenvalue weighted by atomic mass is 10.2. The Labute approximate surface area is 118 Å². The summed E-state index contributed by atoms with van der Waals surface area (Å²) >= 11 is 0. The van der Waals surface area contributed by atoms with Crippen LogP contribution in [-0.2, 0) is 4.74 Å². The van der Waals surface area contributed by atoms with Gasteiger partial charge in [-0.15, -0.1) is 0 Å². The molecule has 2 atom stereocenters.